The molecule has 3 aromatic heterocycles. The van der Waals surface area contributed by atoms with E-state index in [9.17, 15) is 0 Å². The van der Waals surface area contributed by atoms with Crippen LogP contribution in [0.3, 0.4) is 0 Å². The largest absolute Gasteiger partial charge is 0.456 e. The van der Waals surface area contributed by atoms with E-state index >= 15 is 0 Å². The number of aromatic nitrogens is 2. The highest BCUT2D eigenvalue weighted by Crippen LogP contribution is 2.42. The molecule has 0 amide bonds. The van der Waals surface area contributed by atoms with Crippen molar-refractivity contribution in [2.45, 2.75) is 0 Å². The van der Waals surface area contributed by atoms with E-state index in [2.05, 4.69) is 121 Å². The van der Waals surface area contributed by atoms with E-state index in [4.69, 9.17) is 14.4 Å². The van der Waals surface area contributed by atoms with E-state index in [-0.39, 0.29) is 0 Å². The minimum atomic E-state index is 0.699. The molecule has 0 aliphatic rings. The van der Waals surface area contributed by atoms with Crippen molar-refractivity contribution in [2.24, 2.45) is 0 Å². The monoisotopic (exact) mass is 580 g/mol. The molecule has 0 spiro atoms. The van der Waals surface area contributed by atoms with Gasteiger partial charge in [-0.2, -0.15) is 0 Å². The fraction of sp³-hybridized carbons (Fsp3) is 0. The number of hydrogen-bond donors (Lipinski definition) is 0. The molecule has 0 saturated carbocycles. The molecule has 6 aromatic carbocycles. The minimum Gasteiger partial charge on any atom is -0.456 e. The molecule has 3 nitrogen and oxygen atoms in total. The number of benzene rings is 6. The van der Waals surface area contributed by atoms with Gasteiger partial charge < -0.3 is 4.42 Å². The molecule has 0 radical (unpaired) electrons. The summed E-state index contributed by atoms with van der Waals surface area (Å²) in [6.45, 7) is 0. The molecule has 0 atom stereocenters. The Morgan fingerprint density at radius 1 is 0.477 bits per heavy atom. The van der Waals surface area contributed by atoms with Crippen molar-refractivity contribution in [3.63, 3.8) is 0 Å². The lowest BCUT2D eigenvalue weighted by Gasteiger charge is -2.09. The van der Waals surface area contributed by atoms with Gasteiger partial charge in [0.25, 0.3) is 0 Å². The third kappa shape index (κ3) is 4.03. The van der Waals surface area contributed by atoms with Gasteiger partial charge in [0.05, 0.1) is 15.9 Å². The van der Waals surface area contributed by atoms with Gasteiger partial charge in [-0.3, -0.25) is 0 Å². The van der Waals surface area contributed by atoms with Crippen LogP contribution in [0.4, 0.5) is 0 Å². The minimum absolute atomic E-state index is 0.699. The summed E-state index contributed by atoms with van der Waals surface area (Å²) in [4.78, 5) is 10.5. The lowest BCUT2D eigenvalue weighted by Crippen LogP contribution is -1.94. The summed E-state index contributed by atoms with van der Waals surface area (Å²) >= 11 is 1.75. The van der Waals surface area contributed by atoms with Gasteiger partial charge in [-0.05, 0) is 52.6 Å². The van der Waals surface area contributed by atoms with Crippen LogP contribution in [0, 0.1) is 0 Å². The van der Waals surface area contributed by atoms with E-state index in [1.165, 1.54) is 15.8 Å². The molecule has 0 bridgehead atoms. The van der Waals surface area contributed by atoms with E-state index in [0.717, 1.165) is 65.5 Å². The van der Waals surface area contributed by atoms with Crippen molar-refractivity contribution < 1.29 is 4.42 Å². The van der Waals surface area contributed by atoms with Crippen molar-refractivity contribution in [3.8, 4) is 44.9 Å². The normalized spacial score (nSPS) is 11.6. The number of furan rings is 1. The highest BCUT2D eigenvalue weighted by molar-refractivity contribution is 7.26. The smallest absolute Gasteiger partial charge is 0.161 e. The van der Waals surface area contributed by atoms with E-state index < -0.39 is 0 Å². The van der Waals surface area contributed by atoms with Crippen molar-refractivity contribution in [1.29, 1.82) is 0 Å². The maximum absolute atomic E-state index is 6.40. The average molecular weight is 581 g/mol. The van der Waals surface area contributed by atoms with E-state index in [1.807, 2.05) is 24.3 Å². The van der Waals surface area contributed by atoms with Crippen LogP contribution in [0.25, 0.3) is 87.1 Å². The van der Waals surface area contributed by atoms with Gasteiger partial charge in [0, 0.05) is 32.0 Å². The summed E-state index contributed by atoms with van der Waals surface area (Å²) < 4.78 is 8.71. The van der Waals surface area contributed by atoms with Crippen molar-refractivity contribution in [3.05, 3.63) is 146 Å². The Bertz CT molecular complexity index is 2490. The fourth-order valence-corrected chi connectivity index (χ4v) is 7.36. The first kappa shape index (κ1) is 25.0. The molecular weight excluding hydrogens is 557 g/mol. The molecule has 9 rings (SSSR count). The number of hydrogen-bond acceptors (Lipinski definition) is 4. The Hall–Kier alpha value is -5.58. The Labute approximate surface area is 257 Å². The SMILES string of the molecule is c1ccc(-c2cccc(-c3ccc4oc5cccc(-c6nc(-c7ccccc7)c7sc8ccccc8c7n6)c5c4c3)c2)cc1. The van der Waals surface area contributed by atoms with E-state index in [1.54, 1.807) is 11.3 Å². The van der Waals surface area contributed by atoms with Crippen LogP contribution in [-0.2, 0) is 0 Å². The van der Waals surface area contributed by atoms with Crippen molar-refractivity contribution in [2.75, 3.05) is 0 Å². The van der Waals surface area contributed by atoms with Gasteiger partial charge in [-0.25, -0.2) is 9.97 Å². The predicted octanol–water partition coefficient (Wildman–Crippen LogP) is 11.4. The molecule has 0 aliphatic heterocycles. The van der Waals surface area contributed by atoms with Gasteiger partial charge in [0.1, 0.15) is 11.2 Å². The first-order valence-electron chi connectivity index (χ1n) is 14.7. The second-order valence-corrected chi connectivity index (χ2v) is 12.0. The summed E-state index contributed by atoms with van der Waals surface area (Å²) in [5, 5.41) is 3.23. The van der Waals surface area contributed by atoms with Gasteiger partial charge >= 0.3 is 0 Å². The van der Waals surface area contributed by atoms with Gasteiger partial charge in [-0.1, -0.05) is 115 Å². The van der Waals surface area contributed by atoms with Crippen LogP contribution in [0.5, 0.6) is 0 Å². The summed E-state index contributed by atoms with van der Waals surface area (Å²) in [6, 6.07) is 50.8. The van der Waals surface area contributed by atoms with Crippen LogP contribution in [0.1, 0.15) is 0 Å². The second-order valence-electron chi connectivity index (χ2n) is 11.0. The molecule has 206 valence electrons. The van der Waals surface area contributed by atoms with Crippen LogP contribution in [0.15, 0.2) is 150 Å². The highest BCUT2D eigenvalue weighted by atomic mass is 32.1. The Balaban J connectivity index is 1.28. The Morgan fingerprint density at radius 2 is 1.16 bits per heavy atom. The number of nitrogens with zero attached hydrogens (tertiary/aromatic N) is 2. The zero-order valence-electron chi connectivity index (χ0n) is 23.6. The molecule has 44 heavy (non-hydrogen) atoms. The van der Waals surface area contributed by atoms with Crippen LogP contribution >= 0.6 is 11.3 Å². The lowest BCUT2D eigenvalue weighted by atomic mass is 9.97. The topological polar surface area (TPSA) is 38.9 Å². The number of rotatable bonds is 4. The summed E-state index contributed by atoms with van der Waals surface area (Å²) in [5.74, 6) is 0.699. The van der Waals surface area contributed by atoms with Gasteiger partial charge in [-0.15, -0.1) is 11.3 Å². The van der Waals surface area contributed by atoms with E-state index in [0.29, 0.717) is 5.82 Å². The lowest BCUT2D eigenvalue weighted by molar-refractivity contribution is 0.669. The molecule has 0 aliphatic carbocycles. The molecule has 0 saturated heterocycles. The molecule has 9 aromatic rings. The van der Waals surface area contributed by atoms with Crippen LogP contribution in [-0.4, -0.2) is 9.97 Å². The fourth-order valence-electron chi connectivity index (χ4n) is 6.20. The van der Waals surface area contributed by atoms with Gasteiger partial charge in [0.15, 0.2) is 5.82 Å². The zero-order chi connectivity index (χ0) is 29.0. The standard InChI is InChI=1S/C40H24N2OS/c1-3-11-25(12-4-1)27-15-9-16-28(23-27)29-21-22-33-32(24-29)36-31(18-10-19-34(36)43-33)40-41-37(26-13-5-2-6-14-26)39-38(42-40)30-17-7-8-20-35(30)44-39/h1-24H. The number of thiophene rings is 1. The van der Waals surface area contributed by atoms with Crippen molar-refractivity contribution in [1.82, 2.24) is 9.97 Å². The molecule has 0 fully saturated rings. The maximum atomic E-state index is 6.40. The first-order valence-corrected chi connectivity index (χ1v) is 15.5. The van der Waals surface area contributed by atoms with Gasteiger partial charge in [0.2, 0.25) is 0 Å². The van der Waals surface area contributed by atoms with Crippen LogP contribution in [0.2, 0.25) is 0 Å². The van der Waals surface area contributed by atoms with Crippen molar-refractivity contribution >= 4 is 53.6 Å². The molecule has 0 unspecified atom stereocenters. The Kier molecular flexibility index (Phi) is 5.68. The van der Waals surface area contributed by atoms with Crippen LogP contribution < -0.4 is 0 Å². The maximum Gasteiger partial charge on any atom is 0.161 e. The summed E-state index contributed by atoms with van der Waals surface area (Å²) in [5.41, 5.74) is 10.4. The second kappa shape index (κ2) is 10.0. The highest BCUT2D eigenvalue weighted by Gasteiger charge is 2.20. The number of fused-ring (bicyclic) bond motifs is 6. The predicted molar refractivity (Wildman–Crippen MR) is 184 cm³/mol. The third-order valence-electron chi connectivity index (χ3n) is 8.31. The summed E-state index contributed by atoms with van der Waals surface area (Å²) in [6.07, 6.45) is 0. The average Bonchev–Trinajstić information content (AvgIpc) is 3.67. The first-order chi connectivity index (χ1) is 21.8. The molecule has 3 heterocycles. The molecule has 0 N–H and O–H groups in total. The Morgan fingerprint density at radius 3 is 2.00 bits per heavy atom. The third-order valence-corrected chi connectivity index (χ3v) is 9.47. The molecular formula is C40H24N2OS. The molecule has 4 heteroatoms. The summed E-state index contributed by atoms with van der Waals surface area (Å²) in [7, 11) is 0. The zero-order valence-corrected chi connectivity index (χ0v) is 24.4. The quantitative estimate of drug-likeness (QED) is 0.208.